The van der Waals surface area contributed by atoms with E-state index in [0.717, 1.165) is 0 Å². The molecule has 1 amide bonds. The Hall–Kier alpha value is -1.53. The zero-order valence-corrected chi connectivity index (χ0v) is 11.7. The van der Waals surface area contributed by atoms with Crippen LogP contribution >= 0.6 is 23.2 Å². The molecule has 2 aromatic carbocycles. The van der Waals surface area contributed by atoms with Crippen molar-refractivity contribution in [2.24, 2.45) is 0 Å². The Bertz CT molecular complexity index is 649. The smallest absolute Gasteiger partial charge is 0.423 e. The van der Waals surface area contributed by atoms with E-state index in [1.807, 2.05) is 0 Å². The van der Waals surface area contributed by atoms with Gasteiger partial charge in [-0.05, 0) is 36.4 Å². The molecule has 0 aliphatic heterocycles. The Morgan fingerprint density at radius 1 is 1.10 bits per heavy atom. The van der Waals surface area contributed by atoms with Crippen LogP contribution in [-0.4, -0.2) is 23.1 Å². The molecule has 2 rings (SSSR count). The SMILES string of the molecule is O=C(Nc1cccc(Cl)c1)c1ccc(Cl)c(B(O)O)c1. The first-order valence-corrected chi connectivity index (χ1v) is 6.45. The molecule has 7 heteroatoms. The molecule has 102 valence electrons. The maximum Gasteiger partial charge on any atom is 0.489 e. The summed E-state index contributed by atoms with van der Waals surface area (Å²) < 4.78 is 0. The molecule has 0 aliphatic carbocycles. The van der Waals surface area contributed by atoms with E-state index >= 15 is 0 Å². The number of amides is 1. The topological polar surface area (TPSA) is 69.6 Å². The Balaban J connectivity index is 2.23. The van der Waals surface area contributed by atoms with Gasteiger partial charge in [0.2, 0.25) is 0 Å². The lowest BCUT2D eigenvalue weighted by atomic mass is 9.79. The number of carbonyl (C=O) groups excluding carboxylic acids is 1. The van der Waals surface area contributed by atoms with Crippen LogP contribution in [0.1, 0.15) is 10.4 Å². The van der Waals surface area contributed by atoms with E-state index in [9.17, 15) is 4.79 Å². The molecule has 20 heavy (non-hydrogen) atoms. The van der Waals surface area contributed by atoms with Crippen LogP contribution in [0.3, 0.4) is 0 Å². The van der Waals surface area contributed by atoms with Crippen molar-refractivity contribution in [1.29, 1.82) is 0 Å². The summed E-state index contributed by atoms with van der Waals surface area (Å²) in [5.74, 6) is -0.397. The highest BCUT2D eigenvalue weighted by atomic mass is 35.5. The van der Waals surface area contributed by atoms with Crippen LogP contribution in [0.4, 0.5) is 5.69 Å². The summed E-state index contributed by atoms with van der Waals surface area (Å²) in [5, 5.41) is 21.7. The van der Waals surface area contributed by atoms with Gasteiger partial charge in [-0.3, -0.25) is 4.79 Å². The molecular weight excluding hydrogens is 300 g/mol. The number of hydrogen-bond donors (Lipinski definition) is 3. The molecule has 0 fully saturated rings. The Morgan fingerprint density at radius 2 is 1.85 bits per heavy atom. The first-order valence-electron chi connectivity index (χ1n) is 5.70. The molecule has 4 nitrogen and oxygen atoms in total. The summed E-state index contributed by atoms with van der Waals surface area (Å²) in [6.07, 6.45) is 0. The fourth-order valence-corrected chi connectivity index (χ4v) is 2.06. The van der Waals surface area contributed by atoms with Gasteiger partial charge in [0, 0.05) is 26.8 Å². The highest BCUT2D eigenvalue weighted by Crippen LogP contribution is 2.16. The molecule has 0 saturated heterocycles. The van der Waals surface area contributed by atoms with Crippen molar-refractivity contribution in [2.75, 3.05) is 5.32 Å². The Kier molecular flexibility index (Phi) is 4.67. The lowest BCUT2D eigenvalue weighted by Crippen LogP contribution is -2.31. The molecule has 0 atom stereocenters. The molecule has 0 unspecified atom stereocenters. The number of benzene rings is 2. The molecule has 2 aromatic rings. The lowest BCUT2D eigenvalue weighted by molar-refractivity contribution is 0.102. The summed E-state index contributed by atoms with van der Waals surface area (Å²) in [5.41, 5.74) is 0.881. The van der Waals surface area contributed by atoms with Crippen LogP contribution < -0.4 is 10.8 Å². The second-order valence-electron chi connectivity index (χ2n) is 4.07. The molecule has 3 N–H and O–H groups in total. The first kappa shape index (κ1) is 14.9. The predicted molar refractivity (Wildman–Crippen MR) is 80.7 cm³/mol. The van der Waals surface area contributed by atoms with Crippen molar-refractivity contribution in [2.45, 2.75) is 0 Å². The highest BCUT2D eigenvalue weighted by Gasteiger charge is 2.17. The molecular formula is C13H10BCl2NO3. The second-order valence-corrected chi connectivity index (χ2v) is 4.92. The molecule has 0 aliphatic rings. The third kappa shape index (κ3) is 3.52. The Labute approximate surface area is 126 Å². The van der Waals surface area contributed by atoms with Crippen molar-refractivity contribution in [3.63, 3.8) is 0 Å². The number of rotatable bonds is 3. The summed E-state index contributed by atoms with van der Waals surface area (Å²) in [6.45, 7) is 0. The molecule has 0 bridgehead atoms. The van der Waals surface area contributed by atoms with E-state index in [1.165, 1.54) is 18.2 Å². The van der Waals surface area contributed by atoms with E-state index in [4.69, 9.17) is 33.2 Å². The summed E-state index contributed by atoms with van der Waals surface area (Å²) >= 11 is 11.6. The van der Waals surface area contributed by atoms with Gasteiger partial charge in [-0.1, -0.05) is 29.3 Å². The van der Waals surface area contributed by atoms with Crippen LogP contribution in [0.25, 0.3) is 0 Å². The van der Waals surface area contributed by atoms with Crippen LogP contribution in [0.15, 0.2) is 42.5 Å². The van der Waals surface area contributed by atoms with Gasteiger partial charge in [0.1, 0.15) is 0 Å². The van der Waals surface area contributed by atoms with Gasteiger partial charge in [-0.2, -0.15) is 0 Å². The minimum atomic E-state index is -1.73. The van der Waals surface area contributed by atoms with Gasteiger partial charge in [0.05, 0.1) is 0 Å². The monoisotopic (exact) mass is 309 g/mol. The molecule has 0 aromatic heterocycles. The number of halogens is 2. The lowest BCUT2D eigenvalue weighted by Gasteiger charge is -2.08. The third-order valence-corrected chi connectivity index (χ3v) is 3.20. The standard InChI is InChI=1S/C13H10BCl2NO3/c15-9-2-1-3-10(7-9)17-13(18)8-4-5-12(16)11(6-8)14(19)20/h1-7,19-20H,(H,17,18). The quantitative estimate of drug-likeness (QED) is 0.759. The normalized spacial score (nSPS) is 10.2. The minimum Gasteiger partial charge on any atom is -0.423 e. The van der Waals surface area contributed by atoms with Gasteiger partial charge in [-0.25, -0.2) is 0 Å². The van der Waals surface area contributed by atoms with Crippen molar-refractivity contribution in [1.82, 2.24) is 0 Å². The fourth-order valence-electron chi connectivity index (χ4n) is 1.65. The highest BCUT2D eigenvalue weighted by molar-refractivity contribution is 6.62. The van der Waals surface area contributed by atoms with E-state index < -0.39 is 13.0 Å². The minimum absolute atomic E-state index is 0.0745. The van der Waals surface area contributed by atoms with Gasteiger partial charge >= 0.3 is 7.12 Å². The third-order valence-electron chi connectivity index (χ3n) is 2.62. The van der Waals surface area contributed by atoms with Gasteiger partial charge < -0.3 is 15.4 Å². The van der Waals surface area contributed by atoms with E-state index in [0.29, 0.717) is 10.7 Å². The maximum absolute atomic E-state index is 12.1. The van der Waals surface area contributed by atoms with Gasteiger partial charge in [-0.15, -0.1) is 0 Å². The van der Waals surface area contributed by atoms with Crippen LogP contribution in [0.2, 0.25) is 10.0 Å². The van der Waals surface area contributed by atoms with Crippen LogP contribution in [0, 0.1) is 0 Å². The van der Waals surface area contributed by atoms with E-state index in [2.05, 4.69) is 5.32 Å². The molecule has 0 heterocycles. The van der Waals surface area contributed by atoms with E-state index in [1.54, 1.807) is 24.3 Å². The number of nitrogens with one attached hydrogen (secondary N) is 1. The zero-order valence-electron chi connectivity index (χ0n) is 10.2. The van der Waals surface area contributed by atoms with E-state index in [-0.39, 0.29) is 16.0 Å². The number of carbonyl (C=O) groups is 1. The van der Waals surface area contributed by atoms with Gasteiger partial charge in [0.25, 0.3) is 5.91 Å². The average molecular weight is 310 g/mol. The van der Waals surface area contributed by atoms with Crippen molar-refractivity contribution in [3.05, 3.63) is 58.1 Å². The molecule has 0 radical (unpaired) electrons. The summed E-state index contributed by atoms with van der Waals surface area (Å²) in [7, 11) is -1.73. The van der Waals surface area contributed by atoms with Crippen molar-refractivity contribution >= 4 is 47.4 Å². The first-order chi connectivity index (χ1) is 9.47. The summed E-state index contributed by atoms with van der Waals surface area (Å²) in [6, 6.07) is 11.0. The van der Waals surface area contributed by atoms with Gasteiger partial charge in [0.15, 0.2) is 0 Å². The number of anilines is 1. The average Bonchev–Trinajstić information content (AvgIpc) is 2.38. The van der Waals surface area contributed by atoms with Crippen molar-refractivity contribution < 1.29 is 14.8 Å². The number of hydrogen-bond acceptors (Lipinski definition) is 3. The Morgan fingerprint density at radius 3 is 2.50 bits per heavy atom. The van der Waals surface area contributed by atoms with Crippen LogP contribution in [-0.2, 0) is 0 Å². The largest absolute Gasteiger partial charge is 0.489 e. The fraction of sp³-hybridized carbons (Fsp3) is 0. The van der Waals surface area contributed by atoms with Crippen LogP contribution in [0.5, 0.6) is 0 Å². The second kappa shape index (κ2) is 6.28. The zero-order chi connectivity index (χ0) is 14.7. The predicted octanol–water partition coefficient (Wildman–Crippen LogP) is 1.93. The maximum atomic E-state index is 12.1. The van der Waals surface area contributed by atoms with Crippen molar-refractivity contribution in [3.8, 4) is 0 Å². The molecule has 0 saturated carbocycles. The summed E-state index contributed by atoms with van der Waals surface area (Å²) in [4.78, 5) is 12.1. The molecule has 0 spiro atoms.